The van der Waals surface area contributed by atoms with Crippen LogP contribution in [-0.2, 0) is 28.6 Å². The first kappa shape index (κ1) is 9.91. The molecule has 0 aromatic rings. The molecule has 7 nitrogen and oxygen atoms in total. The molecule has 0 amide bonds. The average Bonchev–Trinajstić information content (AvgIpc) is 2.20. The van der Waals surface area contributed by atoms with Gasteiger partial charge in [0, 0.05) is 0 Å². The fourth-order valence-corrected chi connectivity index (χ4v) is 1.44. The van der Waals surface area contributed by atoms with E-state index in [9.17, 15) is 14.4 Å². The Hall–Kier alpha value is -1.63. The minimum absolute atomic E-state index is 0.0765. The van der Waals surface area contributed by atoms with Crippen molar-refractivity contribution in [2.45, 2.75) is 18.9 Å². The van der Waals surface area contributed by atoms with Crippen LogP contribution in [0.1, 0.15) is 6.42 Å². The first-order chi connectivity index (χ1) is 7.06. The van der Waals surface area contributed by atoms with E-state index in [-0.39, 0.29) is 13.0 Å². The third-order valence-electron chi connectivity index (χ3n) is 2.21. The highest BCUT2D eigenvalue weighted by Gasteiger charge is 2.40. The maximum Gasteiger partial charge on any atom is 0.412 e. The molecule has 2 bridgehead atoms. The summed E-state index contributed by atoms with van der Waals surface area (Å²) in [5, 5.41) is 0. The molecule has 2 fully saturated rings. The van der Waals surface area contributed by atoms with Gasteiger partial charge in [0.2, 0.25) is 0 Å². The molecule has 0 saturated carbocycles. The quantitative estimate of drug-likeness (QED) is 0.460. The SMILES string of the molecule is CN1CC(=O)OC2OC(=O)CC1C(=O)O2. The molecule has 0 aromatic heterocycles. The molecule has 2 rings (SSSR count). The van der Waals surface area contributed by atoms with Crippen LogP contribution in [-0.4, -0.2) is 48.9 Å². The van der Waals surface area contributed by atoms with Crippen LogP contribution in [0.25, 0.3) is 0 Å². The van der Waals surface area contributed by atoms with E-state index < -0.39 is 30.4 Å². The van der Waals surface area contributed by atoms with Gasteiger partial charge in [0.05, 0.1) is 13.0 Å². The van der Waals surface area contributed by atoms with Crippen LogP contribution in [0.4, 0.5) is 0 Å². The Labute approximate surface area is 84.9 Å². The number of fused-ring (bicyclic) bond motifs is 3. The van der Waals surface area contributed by atoms with Gasteiger partial charge in [-0.15, -0.1) is 0 Å². The van der Waals surface area contributed by atoms with E-state index in [1.165, 1.54) is 11.9 Å². The van der Waals surface area contributed by atoms with E-state index in [0.29, 0.717) is 0 Å². The summed E-state index contributed by atoms with van der Waals surface area (Å²) in [6.07, 6.45) is -0.136. The minimum Gasteiger partial charge on any atom is -0.390 e. The molecule has 0 spiro atoms. The van der Waals surface area contributed by atoms with Crippen LogP contribution < -0.4 is 0 Å². The van der Waals surface area contributed by atoms with Gasteiger partial charge in [-0.3, -0.25) is 19.3 Å². The van der Waals surface area contributed by atoms with E-state index in [1.54, 1.807) is 0 Å². The Morgan fingerprint density at radius 1 is 1.13 bits per heavy atom. The van der Waals surface area contributed by atoms with Crippen LogP contribution >= 0.6 is 0 Å². The predicted octanol–water partition coefficient (Wildman–Crippen LogP) is -1.38. The molecule has 7 heteroatoms. The summed E-state index contributed by atoms with van der Waals surface area (Å²) in [7, 11) is 1.53. The van der Waals surface area contributed by atoms with Crippen LogP contribution in [0.5, 0.6) is 0 Å². The number of nitrogens with zero attached hydrogens (tertiary/aromatic N) is 1. The van der Waals surface area contributed by atoms with Crippen molar-refractivity contribution in [1.82, 2.24) is 4.90 Å². The predicted molar refractivity (Wildman–Crippen MR) is 43.1 cm³/mol. The molecule has 0 aromatic carbocycles. The maximum absolute atomic E-state index is 11.4. The van der Waals surface area contributed by atoms with Gasteiger partial charge in [-0.1, -0.05) is 0 Å². The molecule has 0 radical (unpaired) electrons. The Kier molecular flexibility index (Phi) is 2.31. The van der Waals surface area contributed by atoms with Crippen molar-refractivity contribution in [3.05, 3.63) is 0 Å². The lowest BCUT2D eigenvalue weighted by Gasteiger charge is -2.25. The third kappa shape index (κ3) is 1.91. The summed E-state index contributed by atoms with van der Waals surface area (Å²) < 4.78 is 13.9. The average molecular weight is 215 g/mol. The lowest BCUT2D eigenvalue weighted by atomic mass is 10.2. The van der Waals surface area contributed by atoms with E-state index in [1.807, 2.05) is 0 Å². The van der Waals surface area contributed by atoms with Gasteiger partial charge in [-0.25, -0.2) is 0 Å². The molecule has 15 heavy (non-hydrogen) atoms. The second-order valence-corrected chi connectivity index (χ2v) is 3.34. The van der Waals surface area contributed by atoms with Gasteiger partial charge < -0.3 is 14.2 Å². The second-order valence-electron chi connectivity index (χ2n) is 3.34. The number of likely N-dealkylation sites (N-methyl/N-ethyl adjacent to an activating group) is 1. The molecule has 82 valence electrons. The van der Waals surface area contributed by atoms with E-state index in [2.05, 4.69) is 14.2 Å². The Morgan fingerprint density at radius 3 is 2.53 bits per heavy atom. The Morgan fingerprint density at radius 2 is 1.80 bits per heavy atom. The van der Waals surface area contributed by atoms with Gasteiger partial charge in [0.1, 0.15) is 6.04 Å². The van der Waals surface area contributed by atoms with E-state index in [4.69, 9.17) is 0 Å². The summed E-state index contributed by atoms with van der Waals surface area (Å²) in [4.78, 5) is 35.2. The molecular weight excluding hydrogens is 206 g/mol. The number of rotatable bonds is 0. The molecule has 2 saturated heterocycles. The number of hydrogen-bond donors (Lipinski definition) is 0. The molecule has 2 aliphatic heterocycles. The monoisotopic (exact) mass is 215 g/mol. The molecule has 2 atom stereocenters. The normalized spacial score (nSPS) is 32.2. The zero-order chi connectivity index (χ0) is 11.0. The smallest absolute Gasteiger partial charge is 0.390 e. The fraction of sp³-hybridized carbons (Fsp3) is 0.625. The topological polar surface area (TPSA) is 82.1 Å². The van der Waals surface area contributed by atoms with Gasteiger partial charge in [0.15, 0.2) is 0 Å². The second kappa shape index (κ2) is 3.50. The van der Waals surface area contributed by atoms with Gasteiger partial charge in [-0.05, 0) is 7.05 Å². The molecule has 2 heterocycles. The number of carbonyl (C=O) groups is 3. The minimum atomic E-state index is -1.53. The number of carbonyl (C=O) groups excluding carboxylic acids is 3. The first-order valence-corrected chi connectivity index (χ1v) is 4.36. The van der Waals surface area contributed by atoms with Gasteiger partial charge in [0.25, 0.3) is 0 Å². The van der Waals surface area contributed by atoms with Crippen LogP contribution in [0, 0.1) is 0 Å². The van der Waals surface area contributed by atoms with Crippen molar-refractivity contribution in [2.75, 3.05) is 13.6 Å². The number of hydrogen-bond acceptors (Lipinski definition) is 7. The van der Waals surface area contributed by atoms with Crippen LogP contribution in [0.3, 0.4) is 0 Å². The molecule has 2 unspecified atom stereocenters. The van der Waals surface area contributed by atoms with Gasteiger partial charge in [-0.2, -0.15) is 0 Å². The first-order valence-electron chi connectivity index (χ1n) is 4.36. The van der Waals surface area contributed by atoms with E-state index in [0.717, 1.165) is 0 Å². The Balaban J connectivity index is 2.30. The maximum atomic E-state index is 11.4. The zero-order valence-corrected chi connectivity index (χ0v) is 7.97. The Bertz CT molecular complexity index is 327. The van der Waals surface area contributed by atoms with Crippen molar-refractivity contribution in [2.24, 2.45) is 0 Å². The zero-order valence-electron chi connectivity index (χ0n) is 7.97. The highest BCUT2D eigenvalue weighted by atomic mass is 16.9. The van der Waals surface area contributed by atoms with Crippen molar-refractivity contribution >= 4 is 17.9 Å². The highest BCUT2D eigenvalue weighted by molar-refractivity contribution is 5.85. The molecule has 2 aliphatic rings. The fourth-order valence-electron chi connectivity index (χ4n) is 1.44. The largest absolute Gasteiger partial charge is 0.412 e. The molecule has 0 N–H and O–H groups in total. The van der Waals surface area contributed by atoms with Crippen molar-refractivity contribution in [1.29, 1.82) is 0 Å². The van der Waals surface area contributed by atoms with E-state index >= 15 is 0 Å². The van der Waals surface area contributed by atoms with Gasteiger partial charge >= 0.3 is 24.4 Å². The summed E-state index contributed by atoms with van der Waals surface area (Å²) in [5.41, 5.74) is 0. The van der Waals surface area contributed by atoms with Crippen LogP contribution in [0.2, 0.25) is 0 Å². The molecule has 0 aliphatic carbocycles. The van der Waals surface area contributed by atoms with Crippen molar-refractivity contribution in [3.8, 4) is 0 Å². The number of ether oxygens (including phenoxy) is 3. The highest BCUT2D eigenvalue weighted by Crippen LogP contribution is 2.17. The molecular formula is C8H9NO6. The third-order valence-corrected chi connectivity index (χ3v) is 2.21. The summed E-state index contributed by atoms with van der Waals surface area (Å²) in [6.45, 7) is -1.61. The summed E-state index contributed by atoms with van der Waals surface area (Å²) in [6, 6.07) is -0.782. The number of esters is 3. The lowest BCUT2D eigenvalue weighted by Crippen LogP contribution is -2.45. The standard InChI is InChI=1S/C8H9NO6/c1-9-3-6(11)14-8-13-5(10)2-4(9)7(12)15-8/h4,8H,2-3H2,1H3. The van der Waals surface area contributed by atoms with Crippen molar-refractivity contribution in [3.63, 3.8) is 0 Å². The summed E-state index contributed by atoms with van der Waals surface area (Å²) in [5.74, 6) is -1.85. The van der Waals surface area contributed by atoms with Crippen molar-refractivity contribution < 1.29 is 28.6 Å². The summed E-state index contributed by atoms with van der Waals surface area (Å²) >= 11 is 0. The van der Waals surface area contributed by atoms with Crippen LogP contribution in [0.15, 0.2) is 0 Å². The lowest BCUT2D eigenvalue weighted by molar-refractivity contribution is -0.256.